The summed E-state index contributed by atoms with van der Waals surface area (Å²) in [6.45, 7) is 6.43. The van der Waals surface area contributed by atoms with Crippen LogP contribution >= 0.6 is 11.8 Å². The summed E-state index contributed by atoms with van der Waals surface area (Å²) in [6.07, 6.45) is 4.77. The predicted octanol–water partition coefficient (Wildman–Crippen LogP) is 2.96. The van der Waals surface area contributed by atoms with Gasteiger partial charge in [-0.2, -0.15) is 0 Å². The van der Waals surface area contributed by atoms with Gasteiger partial charge in [0.1, 0.15) is 0 Å². The number of thioether (sulfide) groups is 1. The zero-order valence-electron chi connectivity index (χ0n) is 16.4. The number of aliphatic hydroxyl groups excluding tert-OH is 1. The molecule has 6 heteroatoms. The van der Waals surface area contributed by atoms with E-state index in [0.717, 1.165) is 37.1 Å². The molecule has 1 aromatic carbocycles. The molecule has 1 aromatic heterocycles. The topological polar surface area (TPSA) is 65.5 Å². The Balaban J connectivity index is 1.54. The van der Waals surface area contributed by atoms with Crippen molar-refractivity contribution in [3.63, 3.8) is 0 Å². The van der Waals surface area contributed by atoms with Crippen molar-refractivity contribution in [2.75, 3.05) is 13.1 Å². The van der Waals surface area contributed by atoms with Gasteiger partial charge < -0.3 is 10.0 Å². The minimum absolute atomic E-state index is 0.108. The van der Waals surface area contributed by atoms with Crippen LogP contribution in [0.4, 0.5) is 0 Å². The van der Waals surface area contributed by atoms with Crippen molar-refractivity contribution in [2.45, 2.75) is 49.5 Å². The lowest BCUT2D eigenvalue weighted by atomic mass is 10.0. The van der Waals surface area contributed by atoms with Gasteiger partial charge in [-0.05, 0) is 61.1 Å². The molecule has 0 spiro atoms. The Morgan fingerprint density at radius 2 is 1.96 bits per heavy atom. The molecule has 1 amide bonds. The maximum atomic E-state index is 13.3. The number of carbonyl (C=O) groups is 1. The molecule has 4 rings (SSSR count). The van der Waals surface area contributed by atoms with E-state index in [1.54, 1.807) is 12.4 Å². The average molecular weight is 398 g/mol. The molecule has 1 unspecified atom stereocenters. The fourth-order valence-electron chi connectivity index (χ4n) is 3.88. The van der Waals surface area contributed by atoms with Gasteiger partial charge >= 0.3 is 0 Å². The summed E-state index contributed by atoms with van der Waals surface area (Å²) in [7, 11) is 0. The van der Waals surface area contributed by atoms with E-state index >= 15 is 0 Å². The molecule has 5 nitrogen and oxygen atoms in total. The molecule has 2 saturated heterocycles. The lowest BCUT2D eigenvalue weighted by Gasteiger charge is -2.25. The van der Waals surface area contributed by atoms with Crippen molar-refractivity contribution in [3.8, 4) is 0 Å². The van der Waals surface area contributed by atoms with E-state index in [4.69, 9.17) is 0 Å². The quantitative estimate of drug-likeness (QED) is 0.734. The van der Waals surface area contributed by atoms with Crippen molar-refractivity contribution in [1.29, 1.82) is 0 Å². The fraction of sp³-hybridized carbons (Fsp3) is 0.455. The standard InChI is InChI=1S/C22H27N3O2S/c1-15-5-6-17(13-16(15)2)14-24-22(21(27)25-11-3-4-12-25)20(28-22)19(26)18-7-9-23-10-8-18/h5-10,13,19-20,24,26H,3-4,11-12,14H2,1-2H3/t19-,20?,22+/m1/s1. The molecule has 0 bridgehead atoms. The molecular formula is C22H27N3O2S. The normalized spacial score (nSPS) is 25.0. The molecule has 0 saturated carbocycles. The summed E-state index contributed by atoms with van der Waals surface area (Å²) in [5.74, 6) is 0.108. The molecule has 2 aliphatic rings. The molecule has 2 N–H and O–H groups in total. The number of carbonyl (C=O) groups excluding carboxylic acids is 1. The maximum absolute atomic E-state index is 13.3. The zero-order valence-corrected chi connectivity index (χ0v) is 17.2. The highest BCUT2D eigenvalue weighted by Crippen LogP contribution is 2.58. The fourth-order valence-corrected chi connectivity index (χ4v) is 5.20. The van der Waals surface area contributed by atoms with Crippen LogP contribution in [0, 0.1) is 13.8 Å². The van der Waals surface area contributed by atoms with Crippen molar-refractivity contribution < 1.29 is 9.90 Å². The summed E-state index contributed by atoms with van der Waals surface area (Å²) in [4.78, 5) is 18.5. The molecule has 2 aromatic rings. The number of hydrogen-bond acceptors (Lipinski definition) is 5. The lowest BCUT2D eigenvalue weighted by molar-refractivity contribution is -0.133. The van der Waals surface area contributed by atoms with Crippen molar-refractivity contribution in [3.05, 3.63) is 65.0 Å². The summed E-state index contributed by atoms with van der Waals surface area (Å²) in [5.41, 5.74) is 4.47. The largest absolute Gasteiger partial charge is 0.387 e. The second-order valence-corrected chi connectivity index (χ2v) is 9.16. The van der Waals surface area contributed by atoms with Crippen LogP contribution in [0.25, 0.3) is 0 Å². The second kappa shape index (κ2) is 7.85. The van der Waals surface area contributed by atoms with Gasteiger partial charge in [0.15, 0.2) is 4.87 Å². The first-order chi connectivity index (χ1) is 13.5. The first-order valence-electron chi connectivity index (χ1n) is 9.87. The van der Waals surface area contributed by atoms with E-state index in [1.165, 1.54) is 22.9 Å². The van der Waals surface area contributed by atoms with E-state index in [1.807, 2.05) is 17.0 Å². The summed E-state index contributed by atoms with van der Waals surface area (Å²) >= 11 is 1.54. The summed E-state index contributed by atoms with van der Waals surface area (Å²) < 4.78 is 0. The third-order valence-electron chi connectivity index (χ3n) is 5.83. The molecule has 3 heterocycles. The van der Waals surface area contributed by atoms with E-state index in [9.17, 15) is 9.90 Å². The molecular weight excluding hydrogens is 370 g/mol. The predicted molar refractivity (Wildman–Crippen MR) is 112 cm³/mol. The maximum Gasteiger partial charge on any atom is 0.254 e. The number of likely N-dealkylation sites (tertiary alicyclic amines) is 1. The SMILES string of the molecule is Cc1ccc(CN[C@]2(C(=O)N3CCCC3)SC2[C@H](O)c2ccncc2)cc1C. The van der Waals surface area contributed by atoms with Crippen LogP contribution < -0.4 is 5.32 Å². The number of aromatic nitrogens is 1. The number of rotatable bonds is 6. The molecule has 0 aliphatic carbocycles. The van der Waals surface area contributed by atoms with Gasteiger partial charge in [0.25, 0.3) is 5.91 Å². The van der Waals surface area contributed by atoms with Gasteiger partial charge in [-0.1, -0.05) is 18.2 Å². The smallest absolute Gasteiger partial charge is 0.254 e. The van der Waals surface area contributed by atoms with Gasteiger partial charge in [-0.3, -0.25) is 15.1 Å². The third kappa shape index (κ3) is 3.69. The van der Waals surface area contributed by atoms with Crippen LogP contribution in [0.1, 0.15) is 41.2 Å². The van der Waals surface area contributed by atoms with Gasteiger partial charge in [0, 0.05) is 32.0 Å². The Morgan fingerprint density at radius 1 is 1.25 bits per heavy atom. The molecule has 2 aliphatic heterocycles. The van der Waals surface area contributed by atoms with E-state index in [-0.39, 0.29) is 11.2 Å². The second-order valence-electron chi connectivity index (χ2n) is 7.77. The third-order valence-corrected chi connectivity index (χ3v) is 7.38. The van der Waals surface area contributed by atoms with Crippen LogP contribution in [-0.4, -0.2) is 44.1 Å². The molecule has 0 radical (unpaired) electrons. The number of aliphatic hydroxyl groups is 1. The first-order valence-corrected chi connectivity index (χ1v) is 10.8. The summed E-state index contributed by atoms with van der Waals surface area (Å²) in [5, 5.41) is 14.2. The number of nitrogens with one attached hydrogen (secondary N) is 1. The lowest BCUT2D eigenvalue weighted by Crippen LogP contribution is -2.50. The molecule has 28 heavy (non-hydrogen) atoms. The first kappa shape index (κ1) is 19.4. The Labute approximate surface area is 170 Å². The number of amides is 1. The number of nitrogens with zero attached hydrogens (tertiary/aromatic N) is 2. The van der Waals surface area contributed by atoms with Gasteiger partial charge in [0.2, 0.25) is 0 Å². The van der Waals surface area contributed by atoms with Gasteiger partial charge in [-0.15, -0.1) is 11.8 Å². The molecule has 148 valence electrons. The number of benzene rings is 1. The molecule has 2 fully saturated rings. The van der Waals surface area contributed by atoms with E-state index in [0.29, 0.717) is 6.54 Å². The Hall–Kier alpha value is -1.89. The number of pyridine rings is 1. The Kier molecular flexibility index (Phi) is 5.45. The number of hydrogen-bond donors (Lipinski definition) is 2. The Bertz CT molecular complexity index is 854. The van der Waals surface area contributed by atoms with Crippen molar-refractivity contribution >= 4 is 17.7 Å². The van der Waals surface area contributed by atoms with Gasteiger partial charge in [-0.25, -0.2) is 0 Å². The monoisotopic (exact) mass is 397 g/mol. The van der Waals surface area contributed by atoms with E-state index < -0.39 is 11.0 Å². The van der Waals surface area contributed by atoms with Gasteiger partial charge in [0.05, 0.1) is 11.4 Å². The van der Waals surface area contributed by atoms with Crippen LogP contribution in [0.15, 0.2) is 42.7 Å². The van der Waals surface area contributed by atoms with Crippen molar-refractivity contribution in [2.24, 2.45) is 0 Å². The Morgan fingerprint density at radius 3 is 2.64 bits per heavy atom. The van der Waals surface area contributed by atoms with Crippen LogP contribution in [0.2, 0.25) is 0 Å². The molecule has 3 atom stereocenters. The summed E-state index contributed by atoms with van der Waals surface area (Å²) in [6, 6.07) is 10.0. The van der Waals surface area contributed by atoms with Crippen LogP contribution in [-0.2, 0) is 11.3 Å². The van der Waals surface area contributed by atoms with E-state index in [2.05, 4.69) is 42.3 Å². The minimum atomic E-state index is -0.758. The highest BCUT2D eigenvalue weighted by atomic mass is 32.2. The average Bonchev–Trinajstić information content (AvgIpc) is 3.19. The minimum Gasteiger partial charge on any atom is -0.387 e. The highest BCUT2D eigenvalue weighted by molar-refractivity contribution is 8.09. The van der Waals surface area contributed by atoms with Crippen LogP contribution in [0.3, 0.4) is 0 Å². The van der Waals surface area contributed by atoms with Crippen LogP contribution in [0.5, 0.6) is 0 Å². The zero-order chi connectivity index (χ0) is 19.7. The highest BCUT2D eigenvalue weighted by Gasteiger charge is 2.65. The number of aryl methyl sites for hydroxylation is 2. The van der Waals surface area contributed by atoms with Crippen molar-refractivity contribution in [1.82, 2.24) is 15.2 Å².